The number of aryl methyl sites for hydroxylation is 2. The van der Waals surface area contributed by atoms with Crippen molar-refractivity contribution in [3.63, 3.8) is 0 Å². The summed E-state index contributed by atoms with van der Waals surface area (Å²) in [5, 5.41) is 0. The van der Waals surface area contributed by atoms with Crippen LogP contribution < -0.4 is 5.73 Å². The van der Waals surface area contributed by atoms with Crippen molar-refractivity contribution in [2.75, 3.05) is 13.1 Å². The molecule has 0 bridgehead atoms. The van der Waals surface area contributed by atoms with Crippen LogP contribution in [0.5, 0.6) is 0 Å². The topological polar surface area (TPSA) is 111 Å². The van der Waals surface area contributed by atoms with Crippen molar-refractivity contribution in [1.29, 1.82) is 0 Å². The van der Waals surface area contributed by atoms with E-state index in [4.69, 9.17) is 10.2 Å². The molecule has 2 aliphatic rings. The second-order valence-electron chi connectivity index (χ2n) is 7.55. The third kappa shape index (κ3) is 3.23. The molecule has 4 rings (SSSR count). The van der Waals surface area contributed by atoms with Gasteiger partial charge in [0.05, 0.1) is 11.1 Å². The van der Waals surface area contributed by atoms with Gasteiger partial charge in [-0.25, -0.2) is 4.98 Å². The molecule has 148 valence electrons. The number of rotatable bonds is 4. The summed E-state index contributed by atoms with van der Waals surface area (Å²) in [7, 11) is 0. The van der Waals surface area contributed by atoms with Gasteiger partial charge in [-0.05, 0) is 26.2 Å². The Kier molecular flexibility index (Phi) is 4.78. The molecule has 2 N–H and O–H groups in total. The molecule has 1 aliphatic heterocycles. The number of hydrogen-bond donors (Lipinski definition) is 1. The molecular formula is C20H24N4O4. The summed E-state index contributed by atoms with van der Waals surface area (Å²) in [6.07, 6.45) is 6.86. The molecule has 8 nitrogen and oxygen atoms in total. The molecule has 1 saturated heterocycles. The summed E-state index contributed by atoms with van der Waals surface area (Å²) in [5.41, 5.74) is 6.23. The SMILES string of the molecule is Cc1oc2c(c1C(=O)N1CCC(c3nccn3CC(N)=O)CC1)C(=O)CCC2. The molecule has 0 saturated carbocycles. The maximum atomic E-state index is 13.1. The second-order valence-corrected chi connectivity index (χ2v) is 7.55. The predicted octanol–water partition coefficient (Wildman–Crippen LogP) is 1.81. The lowest BCUT2D eigenvalue weighted by Gasteiger charge is -2.32. The summed E-state index contributed by atoms with van der Waals surface area (Å²) < 4.78 is 7.50. The molecule has 1 fully saturated rings. The molecule has 0 atom stereocenters. The number of carbonyl (C=O) groups is 3. The summed E-state index contributed by atoms with van der Waals surface area (Å²) in [6, 6.07) is 0. The Labute approximate surface area is 162 Å². The number of nitrogens with two attached hydrogens (primary N) is 1. The van der Waals surface area contributed by atoms with Crippen LogP contribution in [0.4, 0.5) is 0 Å². The van der Waals surface area contributed by atoms with Gasteiger partial charge < -0.3 is 19.6 Å². The van der Waals surface area contributed by atoms with Gasteiger partial charge >= 0.3 is 0 Å². The zero-order valence-electron chi connectivity index (χ0n) is 15.9. The normalized spacial score (nSPS) is 17.6. The number of fused-ring (bicyclic) bond motifs is 1. The number of likely N-dealkylation sites (tertiary alicyclic amines) is 1. The van der Waals surface area contributed by atoms with Gasteiger partial charge in [0.1, 0.15) is 23.9 Å². The van der Waals surface area contributed by atoms with E-state index < -0.39 is 5.91 Å². The van der Waals surface area contributed by atoms with E-state index in [1.165, 1.54) is 0 Å². The van der Waals surface area contributed by atoms with E-state index in [0.29, 0.717) is 48.6 Å². The number of nitrogens with zero attached hydrogens (tertiary/aromatic N) is 3. The summed E-state index contributed by atoms with van der Waals surface area (Å²) in [5.74, 6) is 1.65. The lowest BCUT2D eigenvalue weighted by molar-refractivity contribution is -0.118. The number of piperidine rings is 1. The molecule has 8 heteroatoms. The van der Waals surface area contributed by atoms with E-state index in [-0.39, 0.29) is 24.2 Å². The van der Waals surface area contributed by atoms with Gasteiger partial charge in [-0.3, -0.25) is 14.4 Å². The molecule has 2 aromatic rings. The van der Waals surface area contributed by atoms with Crippen molar-refractivity contribution in [2.24, 2.45) is 5.73 Å². The van der Waals surface area contributed by atoms with Gasteiger partial charge in [0.15, 0.2) is 5.78 Å². The van der Waals surface area contributed by atoms with Crippen LogP contribution in [0.2, 0.25) is 0 Å². The fourth-order valence-corrected chi connectivity index (χ4v) is 4.35. The van der Waals surface area contributed by atoms with Crippen molar-refractivity contribution in [3.05, 3.63) is 40.9 Å². The summed E-state index contributed by atoms with van der Waals surface area (Å²) >= 11 is 0. The highest BCUT2D eigenvalue weighted by Gasteiger charge is 2.34. The van der Waals surface area contributed by atoms with Crippen molar-refractivity contribution < 1.29 is 18.8 Å². The van der Waals surface area contributed by atoms with Crippen molar-refractivity contribution >= 4 is 17.6 Å². The third-order valence-corrected chi connectivity index (χ3v) is 5.68. The van der Waals surface area contributed by atoms with E-state index in [1.807, 2.05) is 0 Å². The molecule has 1 aliphatic carbocycles. The zero-order chi connectivity index (χ0) is 19.8. The van der Waals surface area contributed by atoms with Crippen LogP contribution in [0.15, 0.2) is 16.8 Å². The molecule has 2 amide bonds. The Morgan fingerprint density at radius 2 is 2.04 bits per heavy atom. The van der Waals surface area contributed by atoms with Gasteiger partial charge in [0.25, 0.3) is 5.91 Å². The molecule has 0 radical (unpaired) electrons. The maximum Gasteiger partial charge on any atom is 0.258 e. The van der Waals surface area contributed by atoms with Gasteiger partial charge in [0.2, 0.25) is 5.91 Å². The highest BCUT2D eigenvalue weighted by atomic mass is 16.3. The number of Topliss-reactive ketones (excluding diaryl/α,β-unsaturated/α-hetero) is 1. The summed E-state index contributed by atoms with van der Waals surface area (Å²) in [4.78, 5) is 42.9. The van der Waals surface area contributed by atoms with Gasteiger partial charge in [-0.1, -0.05) is 0 Å². The number of aromatic nitrogens is 2. The number of imidazole rings is 1. The predicted molar refractivity (Wildman–Crippen MR) is 100 cm³/mol. The lowest BCUT2D eigenvalue weighted by Crippen LogP contribution is -2.39. The first-order chi connectivity index (χ1) is 13.5. The first kappa shape index (κ1) is 18.5. The van der Waals surface area contributed by atoms with Gasteiger partial charge in [-0.15, -0.1) is 0 Å². The smallest absolute Gasteiger partial charge is 0.258 e. The molecule has 28 heavy (non-hydrogen) atoms. The standard InChI is InChI=1S/C20H24N4O4/c1-12-17(18-14(25)3-2-4-15(18)28-12)20(27)23-8-5-13(6-9-23)19-22-7-10-24(19)11-16(21)26/h7,10,13H,2-6,8-9,11H2,1H3,(H2,21,26). The molecule has 0 spiro atoms. The third-order valence-electron chi connectivity index (χ3n) is 5.68. The highest BCUT2D eigenvalue weighted by molar-refractivity contribution is 6.10. The zero-order valence-corrected chi connectivity index (χ0v) is 15.9. The van der Waals surface area contributed by atoms with E-state index in [1.54, 1.807) is 28.8 Å². The van der Waals surface area contributed by atoms with E-state index in [9.17, 15) is 14.4 Å². The summed E-state index contributed by atoms with van der Waals surface area (Å²) in [6.45, 7) is 3.00. The molecular weight excluding hydrogens is 360 g/mol. The van der Waals surface area contributed by atoms with Crippen LogP contribution in [0.3, 0.4) is 0 Å². The average molecular weight is 384 g/mol. The molecule has 2 aromatic heterocycles. The van der Waals surface area contributed by atoms with Crippen LogP contribution >= 0.6 is 0 Å². The lowest BCUT2D eigenvalue weighted by atomic mass is 9.91. The quantitative estimate of drug-likeness (QED) is 0.864. The van der Waals surface area contributed by atoms with Crippen LogP contribution in [0.25, 0.3) is 0 Å². The number of primary amides is 1. The van der Waals surface area contributed by atoms with E-state index >= 15 is 0 Å². The highest BCUT2D eigenvalue weighted by Crippen LogP contribution is 2.33. The minimum absolute atomic E-state index is 0.00446. The molecule has 0 unspecified atom stereocenters. The largest absolute Gasteiger partial charge is 0.465 e. The number of carbonyl (C=O) groups excluding carboxylic acids is 3. The molecule has 3 heterocycles. The Hall–Kier alpha value is -2.90. The first-order valence-corrected chi connectivity index (χ1v) is 9.69. The minimum atomic E-state index is -0.406. The van der Waals surface area contributed by atoms with Crippen LogP contribution in [-0.4, -0.2) is 45.1 Å². The number of ketones is 1. The fraction of sp³-hybridized carbons (Fsp3) is 0.500. The van der Waals surface area contributed by atoms with Crippen LogP contribution in [0.1, 0.15) is 69.7 Å². The Morgan fingerprint density at radius 1 is 1.29 bits per heavy atom. The van der Waals surface area contributed by atoms with Crippen molar-refractivity contribution in [1.82, 2.24) is 14.5 Å². The number of amides is 2. The number of hydrogen-bond acceptors (Lipinski definition) is 5. The monoisotopic (exact) mass is 384 g/mol. The van der Waals surface area contributed by atoms with Crippen LogP contribution in [-0.2, 0) is 17.8 Å². The van der Waals surface area contributed by atoms with Crippen molar-refractivity contribution in [2.45, 2.75) is 51.5 Å². The Bertz CT molecular complexity index is 934. The van der Waals surface area contributed by atoms with Crippen molar-refractivity contribution in [3.8, 4) is 0 Å². The van der Waals surface area contributed by atoms with Gasteiger partial charge in [0, 0.05) is 44.2 Å². The van der Waals surface area contributed by atoms with E-state index in [0.717, 1.165) is 25.1 Å². The van der Waals surface area contributed by atoms with E-state index in [2.05, 4.69) is 4.98 Å². The minimum Gasteiger partial charge on any atom is -0.465 e. The Balaban J connectivity index is 1.49. The first-order valence-electron chi connectivity index (χ1n) is 9.69. The maximum absolute atomic E-state index is 13.1. The number of furan rings is 1. The fourth-order valence-electron chi connectivity index (χ4n) is 4.35. The second kappa shape index (κ2) is 7.26. The van der Waals surface area contributed by atoms with Crippen LogP contribution in [0, 0.1) is 6.92 Å². The molecule has 0 aromatic carbocycles. The average Bonchev–Trinajstić information content (AvgIpc) is 3.25. The van der Waals surface area contributed by atoms with Gasteiger partial charge in [-0.2, -0.15) is 0 Å². The Morgan fingerprint density at radius 3 is 2.75 bits per heavy atom.